The van der Waals surface area contributed by atoms with Crippen LogP contribution in [0.15, 0.2) is 109 Å². The highest BCUT2D eigenvalue weighted by Crippen LogP contribution is 2.36. The normalized spacial score (nSPS) is 12.0. The summed E-state index contributed by atoms with van der Waals surface area (Å²) in [5, 5.41) is 15.7. The Bertz CT molecular complexity index is 1790. The lowest BCUT2D eigenvalue weighted by molar-refractivity contribution is 1.78. The first-order chi connectivity index (χ1) is 14.8. The number of hydrogen-bond acceptors (Lipinski definition) is 0. The van der Waals surface area contributed by atoms with E-state index >= 15 is 0 Å². The van der Waals surface area contributed by atoms with E-state index in [1.807, 2.05) is 0 Å². The third-order valence-electron chi connectivity index (χ3n) is 6.56. The summed E-state index contributed by atoms with van der Waals surface area (Å²) in [5.41, 5.74) is 0. The van der Waals surface area contributed by atoms with Gasteiger partial charge in [0, 0.05) is 0 Å². The maximum atomic E-state index is 2.39. The molecule has 0 fully saturated rings. The van der Waals surface area contributed by atoms with Gasteiger partial charge in [-0.2, -0.15) is 0 Å². The Morgan fingerprint density at radius 3 is 1.43 bits per heavy atom. The molecule has 7 aromatic rings. The van der Waals surface area contributed by atoms with Gasteiger partial charge in [0.25, 0.3) is 0 Å². The van der Waals surface area contributed by atoms with Crippen LogP contribution in [0.1, 0.15) is 0 Å². The smallest absolute Gasteiger partial charge is 0.00986 e. The minimum atomic E-state index is 1.29. The molecule has 0 aliphatic rings. The van der Waals surface area contributed by atoms with Crippen molar-refractivity contribution < 1.29 is 0 Å². The van der Waals surface area contributed by atoms with Crippen LogP contribution in [0.2, 0.25) is 0 Å². The van der Waals surface area contributed by atoms with E-state index < -0.39 is 0 Å². The lowest BCUT2D eigenvalue weighted by atomic mass is 9.92. The fraction of sp³-hybridized carbons (Fsp3) is 0. The van der Waals surface area contributed by atoms with E-state index in [2.05, 4.69) is 109 Å². The summed E-state index contributed by atoms with van der Waals surface area (Å²) in [6.45, 7) is 0. The van der Waals surface area contributed by atoms with Crippen molar-refractivity contribution in [3.05, 3.63) is 109 Å². The Morgan fingerprint density at radius 2 is 0.700 bits per heavy atom. The first-order valence-corrected chi connectivity index (χ1v) is 10.4. The summed E-state index contributed by atoms with van der Waals surface area (Å²) >= 11 is 0. The lowest BCUT2D eigenvalue weighted by Gasteiger charge is -2.11. The predicted octanol–water partition coefficient (Wildman–Crippen LogP) is 8.61. The highest BCUT2D eigenvalue weighted by atomic mass is 14.1. The molecule has 30 heavy (non-hydrogen) atoms. The molecule has 0 radical (unpaired) electrons. The predicted molar refractivity (Wildman–Crippen MR) is 131 cm³/mol. The van der Waals surface area contributed by atoms with Gasteiger partial charge in [0.1, 0.15) is 0 Å². The van der Waals surface area contributed by atoms with Gasteiger partial charge in [-0.15, -0.1) is 0 Å². The molecular formula is C30H18. The number of benzene rings is 7. The van der Waals surface area contributed by atoms with Gasteiger partial charge in [0.2, 0.25) is 0 Å². The molecule has 0 bridgehead atoms. The summed E-state index contributed by atoms with van der Waals surface area (Å²) < 4.78 is 0. The molecule has 0 saturated carbocycles. The van der Waals surface area contributed by atoms with Crippen molar-refractivity contribution in [2.45, 2.75) is 0 Å². The Kier molecular flexibility index (Phi) is 3.09. The molecule has 0 heterocycles. The fourth-order valence-corrected chi connectivity index (χ4v) is 5.07. The molecule has 0 spiro atoms. The monoisotopic (exact) mass is 378 g/mol. The number of rotatable bonds is 0. The Morgan fingerprint density at radius 1 is 0.233 bits per heavy atom. The van der Waals surface area contributed by atoms with E-state index in [0.29, 0.717) is 0 Å². The van der Waals surface area contributed by atoms with Crippen LogP contribution in [0.25, 0.3) is 64.6 Å². The Labute approximate surface area is 174 Å². The van der Waals surface area contributed by atoms with E-state index in [-0.39, 0.29) is 0 Å². The van der Waals surface area contributed by atoms with Crippen molar-refractivity contribution in [3.8, 4) is 0 Å². The van der Waals surface area contributed by atoms with E-state index in [1.165, 1.54) is 64.6 Å². The second-order valence-corrected chi connectivity index (χ2v) is 8.23. The fourth-order valence-electron chi connectivity index (χ4n) is 5.07. The van der Waals surface area contributed by atoms with Gasteiger partial charge >= 0.3 is 0 Å². The van der Waals surface area contributed by atoms with E-state index in [0.717, 1.165) is 0 Å². The summed E-state index contributed by atoms with van der Waals surface area (Å²) in [6, 6.07) is 40.3. The van der Waals surface area contributed by atoms with Crippen LogP contribution >= 0.6 is 0 Å². The van der Waals surface area contributed by atoms with Crippen molar-refractivity contribution >= 4 is 64.6 Å². The van der Waals surface area contributed by atoms with E-state index in [1.54, 1.807) is 0 Å². The molecule has 0 atom stereocenters. The third-order valence-corrected chi connectivity index (χ3v) is 6.56. The van der Waals surface area contributed by atoms with Gasteiger partial charge in [-0.05, 0) is 88.9 Å². The van der Waals surface area contributed by atoms with Crippen LogP contribution < -0.4 is 0 Å². The zero-order valence-corrected chi connectivity index (χ0v) is 16.4. The maximum absolute atomic E-state index is 2.39. The van der Waals surface area contributed by atoms with Gasteiger partial charge in [-0.25, -0.2) is 0 Å². The SMILES string of the molecule is c1ccc2cc3c(ccc4c5cc6c(ccc7ccccc76)cc5ccc34)cc2c1. The average molecular weight is 378 g/mol. The Balaban J connectivity index is 1.65. The van der Waals surface area contributed by atoms with Crippen LogP contribution in [0.3, 0.4) is 0 Å². The lowest BCUT2D eigenvalue weighted by Crippen LogP contribution is -1.84. The first-order valence-electron chi connectivity index (χ1n) is 10.4. The largest absolute Gasteiger partial charge is 0.0616 e. The average Bonchev–Trinajstić information content (AvgIpc) is 2.81. The van der Waals surface area contributed by atoms with Gasteiger partial charge in [0.15, 0.2) is 0 Å². The highest BCUT2D eigenvalue weighted by Gasteiger charge is 2.08. The molecule has 7 aromatic carbocycles. The highest BCUT2D eigenvalue weighted by molar-refractivity contribution is 6.22. The minimum Gasteiger partial charge on any atom is -0.0616 e. The van der Waals surface area contributed by atoms with Crippen LogP contribution in [0.4, 0.5) is 0 Å². The van der Waals surface area contributed by atoms with E-state index in [9.17, 15) is 0 Å². The van der Waals surface area contributed by atoms with Crippen molar-refractivity contribution in [2.24, 2.45) is 0 Å². The molecule has 0 saturated heterocycles. The van der Waals surface area contributed by atoms with Crippen molar-refractivity contribution in [1.82, 2.24) is 0 Å². The topological polar surface area (TPSA) is 0 Å². The third kappa shape index (κ3) is 2.16. The zero-order valence-electron chi connectivity index (χ0n) is 16.4. The van der Waals surface area contributed by atoms with Crippen molar-refractivity contribution in [1.29, 1.82) is 0 Å². The van der Waals surface area contributed by atoms with Crippen LogP contribution in [0, 0.1) is 0 Å². The summed E-state index contributed by atoms with van der Waals surface area (Å²) in [5.74, 6) is 0. The number of hydrogen-bond donors (Lipinski definition) is 0. The molecule has 0 aromatic heterocycles. The molecule has 0 nitrogen and oxygen atoms in total. The molecule has 0 amide bonds. The molecule has 0 unspecified atom stereocenters. The quantitative estimate of drug-likeness (QED) is 0.183. The molecule has 0 heteroatoms. The first kappa shape index (κ1) is 16.0. The zero-order chi connectivity index (χ0) is 19.7. The molecule has 138 valence electrons. The van der Waals surface area contributed by atoms with Crippen LogP contribution in [0.5, 0.6) is 0 Å². The van der Waals surface area contributed by atoms with Crippen molar-refractivity contribution in [3.63, 3.8) is 0 Å². The van der Waals surface area contributed by atoms with Gasteiger partial charge in [-0.1, -0.05) is 84.9 Å². The van der Waals surface area contributed by atoms with Gasteiger partial charge in [0.05, 0.1) is 0 Å². The second kappa shape index (κ2) is 5.81. The Hall–Kier alpha value is -3.90. The standard InChI is InChI=1S/C30H18/c1-2-7-21-17-28-23(15-20(21)6-1)11-14-27-26(28)13-12-24-16-22-10-9-19-5-3-4-8-25(19)29(22)18-30(24)27/h1-18H. The van der Waals surface area contributed by atoms with Gasteiger partial charge < -0.3 is 0 Å². The molecule has 0 aliphatic heterocycles. The van der Waals surface area contributed by atoms with Gasteiger partial charge in [-0.3, -0.25) is 0 Å². The second-order valence-electron chi connectivity index (χ2n) is 8.23. The summed E-state index contributed by atoms with van der Waals surface area (Å²) in [6.07, 6.45) is 0. The summed E-state index contributed by atoms with van der Waals surface area (Å²) in [7, 11) is 0. The number of fused-ring (bicyclic) bond motifs is 9. The molecule has 0 aliphatic carbocycles. The van der Waals surface area contributed by atoms with Crippen molar-refractivity contribution in [2.75, 3.05) is 0 Å². The molecule has 0 N–H and O–H groups in total. The van der Waals surface area contributed by atoms with Crippen LogP contribution in [-0.2, 0) is 0 Å². The van der Waals surface area contributed by atoms with E-state index in [4.69, 9.17) is 0 Å². The minimum absolute atomic E-state index is 1.29. The summed E-state index contributed by atoms with van der Waals surface area (Å²) in [4.78, 5) is 0. The molecular weight excluding hydrogens is 360 g/mol. The molecule has 7 rings (SSSR count). The maximum Gasteiger partial charge on any atom is -0.00986 e. The van der Waals surface area contributed by atoms with Crippen LogP contribution in [-0.4, -0.2) is 0 Å².